The van der Waals surface area contributed by atoms with Crippen molar-refractivity contribution in [3.05, 3.63) is 35.1 Å². The molecule has 18 heavy (non-hydrogen) atoms. The molecule has 1 aliphatic rings. The van der Waals surface area contributed by atoms with E-state index in [-0.39, 0.29) is 11.7 Å². The molecule has 0 heterocycles. The van der Waals surface area contributed by atoms with Crippen LogP contribution in [0.4, 0.5) is 4.39 Å². The van der Waals surface area contributed by atoms with Crippen molar-refractivity contribution >= 4 is 5.91 Å². The number of aryl methyl sites for hydroxylation is 1. The molecule has 3 N–H and O–H groups in total. The number of amides is 1. The molecule has 1 aromatic rings. The lowest BCUT2D eigenvalue weighted by atomic mass is 9.77. The summed E-state index contributed by atoms with van der Waals surface area (Å²) in [5.74, 6) is -0.288. The third kappa shape index (κ3) is 2.70. The molecular weight excluding hydrogens is 231 g/mol. The molecule has 1 saturated carbocycles. The second kappa shape index (κ2) is 5.06. The van der Waals surface area contributed by atoms with Gasteiger partial charge in [0.15, 0.2) is 0 Å². The number of carbonyl (C=O) groups excluding carboxylic acids is 1. The van der Waals surface area contributed by atoms with Gasteiger partial charge in [0.1, 0.15) is 5.82 Å². The maximum absolute atomic E-state index is 12.9. The first-order valence-electron chi connectivity index (χ1n) is 6.33. The van der Waals surface area contributed by atoms with Gasteiger partial charge in [-0.05, 0) is 55.9 Å². The Morgan fingerprint density at radius 1 is 1.50 bits per heavy atom. The third-order valence-corrected chi connectivity index (χ3v) is 3.68. The zero-order chi connectivity index (χ0) is 13.2. The van der Waals surface area contributed by atoms with Crippen molar-refractivity contribution in [2.75, 3.05) is 6.54 Å². The minimum atomic E-state index is -0.641. The van der Waals surface area contributed by atoms with Crippen LogP contribution in [0.3, 0.4) is 0 Å². The molecule has 1 fully saturated rings. The highest BCUT2D eigenvalue weighted by Crippen LogP contribution is 2.28. The van der Waals surface area contributed by atoms with Crippen molar-refractivity contribution in [1.29, 1.82) is 0 Å². The summed E-state index contributed by atoms with van der Waals surface area (Å²) >= 11 is 0. The molecule has 1 aliphatic carbocycles. The summed E-state index contributed by atoms with van der Waals surface area (Å²) < 4.78 is 12.9. The number of rotatable bonds is 4. The quantitative estimate of drug-likeness (QED) is 0.854. The molecule has 0 bridgehead atoms. The monoisotopic (exact) mass is 250 g/mol. The van der Waals surface area contributed by atoms with E-state index in [2.05, 4.69) is 5.32 Å². The predicted molar refractivity (Wildman–Crippen MR) is 68.6 cm³/mol. The van der Waals surface area contributed by atoms with Gasteiger partial charge < -0.3 is 11.1 Å². The number of nitrogens with one attached hydrogen (secondary N) is 1. The highest BCUT2D eigenvalue weighted by Gasteiger charge is 2.39. The number of carbonyl (C=O) groups is 1. The van der Waals surface area contributed by atoms with Crippen LogP contribution in [0, 0.1) is 12.7 Å². The van der Waals surface area contributed by atoms with Crippen LogP contribution in [0.2, 0.25) is 0 Å². The first-order valence-corrected chi connectivity index (χ1v) is 6.33. The van der Waals surface area contributed by atoms with Gasteiger partial charge in [-0.2, -0.15) is 0 Å². The molecule has 1 aromatic carbocycles. The van der Waals surface area contributed by atoms with Crippen molar-refractivity contribution in [2.45, 2.75) is 38.1 Å². The van der Waals surface area contributed by atoms with Gasteiger partial charge in [-0.3, -0.25) is 4.79 Å². The molecule has 0 aromatic heterocycles. The van der Waals surface area contributed by atoms with E-state index < -0.39 is 5.54 Å². The minimum Gasteiger partial charge on any atom is -0.354 e. The summed E-state index contributed by atoms with van der Waals surface area (Å²) in [5.41, 5.74) is 7.24. The first kappa shape index (κ1) is 13.0. The third-order valence-electron chi connectivity index (χ3n) is 3.68. The smallest absolute Gasteiger partial charge is 0.240 e. The van der Waals surface area contributed by atoms with E-state index in [1.165, 1.54) is 12.1 Å². The molecule has 0 radical (unpaired) electrons. The lowest BCUT2D eigenvalue weighted by molar-refractivity contribution is -0.129. The molecule has 0 unspecified atom stereocenters. The fourth-order valence-electron chi connectivity index (χ4n) is 2.21. The Bertz CT molecular complexity index is 455. The van der Waals surface area contributed by atoms with Gasteiger partial charge >= 0.3 is 0 Å². The van der Waals surface area contributed by atoms with Crippen molar-refractivity contribution in [3.63, 3.8) is 0 Å². The van der Waals surface area contributed by atoms with Gasteiger partial charge in [0, 0.05) is 6.54 Å². The van der Waals surface area contributed by atoms with Gasteiger partial charge in [-0.15, -0.1) is 0 Å². The van der Waals surface area contributed by atoms with Gasteiger partial charge in [0.25, 0.3) is 0 Å². The Labute approximate surface area is 107 Å². The molecule has 0 aliphatic heterocycles. The lowest BCUT2D eigenvalue weighted by Gasteiger charge is -2.36. The van der Waals surface area contributed by atoms with E-state index in [9.17, 15) is 9.18 Å². The van der Waals surface area contributed by atoms with Gasteiger partial charge in [-0.1, -0.05) is 6.07 Å². The van der Waals surface area contributed by atoms with E-state index in [1.54, 1.807) is 6.07 Å². The number of benzene rings is 1. The molecule has 2 rings (SSSR count). The fraction of sp³-hybridized carbons (Fsp3) is 0.500. The molecule has 0 spiro atoms. The zero-order valence-corrected chi connectivity index (χ0v) is 10.6. The van der Waals surface area contributed by atoms with E-state index in [0.717, 1.165) is 30.4 Å². The van der Waals surface area contributed by atoms with Gasteiger partial charge in [-0.25, -0.2) is 4.39 Å². The summed E-state index contributed by atoms with van der Waals surface area (Å²) in [6.07, 6.45) is 3.28. The number of hydrogen-bond acceptors (Lipinski definition) is 2. The fourth-order valence-corrected chi connectivity index (χ4v) is 2.21. The Hall–Kier alpha value is -1.42. The van der Waals surface area contributed by atoms with E-state index >= 15 is 0 Å². The number of nitrogens with two attached hydrogens (primary N) is 1. The first-order chi connectivity index (χ1) is 8.51. The van der Waals surface area contributed by atoms with Gasteiger partial charge in [0.2, 0.25) is 5.91 Å². The van der Waals surface area contributed by atoms with E-state index in [4.69, 9.17) is 5.73 Å². The number of hydrogen-bond donors (Lipinski definition) is 2. The standard InChI is InChI=1S/C14H19FN2O/c1-10-9-12(15)4-3-11(10)5-8-17-13(18)14(16)6-2-7-14/h3-4,9H,2,5-8,16H2,1H3,(H,17,18). The van der Waals surface area contributed by atoms with E-state index in [1.807, 2.05) is 6.92 Å². The molecule has 1 amide bonds. The number of halogens is 1. The Morgan fingerprint density at radius 2 is 2.22 bits per heavy atom. The average Bonchev–Trinajstić information content (AvgIpc) is 2.28. The van der Waals surface area contributed by atoms with Crippen LogP contribution in [0.1, 0.15) is 30.4 Å². The maximum Gasteiger partial charge on any atom is 0.240 e. The average molecular weight is 250 g/mol. The van der Waals surface area contributed by atoms with Gasteiger partial charge in [0.05, 0.1) is 5.54 Å². The molecule has 98 valence electrons. The maximum atomic E-state index is 12.9. The summed E-state index contributed by atoms with van der Waals surface area (Å²) in [6.45, 7) is 2.42. The SMILES string of the molecule is Cc1cc(F)ccc1CCNC(=O)C1(N)CCC1. The second-order valence-electron chi connectivity index (χ2n) is 5.09. The second-order valence-corrected chi connectivity index (χ2v) is 5.09. The van der Waals surface area contributed by atoms with Crippen molar-refractivity contribution in [3.8, 4) is 0 Å². The minimum absolute atomic E-state index is 0.0616. The molecule has 0 atom stereocenters. The molecular formula is C14H19FN2O. The van der Waals surface area contributed by atoms with Crippen LogP contribution in [-0.2, 0) is 11.2 Å². The van der Waals surface area contributed by atoms with Crippen LogP contribution >= 0.6 is 0 Å². The lowest BCUT2D eigenvalue weighted by Crippen LogP contribution is -2.58. The Morgan fingerprint density at radius 3 is 2.78 bits per heavy atom. The van der Waals surface area contributed by atoms with Crippen molar-refractivity contribution in [2.24, 2.45) is 5.73 Å². The normalized spacial score (nSPS) is 17.1. The highest BCUT2D eigenvalue weighted by atomic mass is 19.1. The van der Waals surface area contributed by atoms with Crippen LogP contribution in [-0.4, -0.2) is 18.0 Å². The summed E-state index contributed by atoms with van der Waals surface area (Å²) in [7, 11) is 0. The Kier molecular flexibility index (Phi) is 3.66. The molecule has 0 saturated heterocycles. The van der Waals surface area contributed by atoms with Crippen molar-refractivity contribution in [1.82, 2.24) is 5.32 Å². The molecule has 4 heteroatoms. The van der Waals surface area contributed by atoms with Crippen LogP contribution in [0.15, 0.2) is 18.2 Å². The van der Waals surface area contributed by atoms with Crippen LogP contribution < -0.4 is 11.1 Å². The summed E-state index contributed by atoms with van der Waals surface area (Å²) in [6, 6.07) is 4.71. The topological polar surface area (TPSA) is 55.1 Å². The summed E-state index contributed by atoms with van der Waals surface area (Å²) in [4.78, 5) is 11.8. The summed E-state index contributed by atoms with van der Waals surface area (Å²) in [5, 5.41) is 2.86. The van der Waals surface area contributed by atoms with Crippen LogP contribution in [0.5, 0.6) is 0 Å². The highest BCUT2D eigenvalue weighted by molar-refractivity contribution is 5.86. The van der Waals surface area contributed by atoms with E-state index in [0.29, 0.717) is 13.0 Å². The van der Waals surface area contributed by atoms with Crippen LogP contribution in [0.25, 0.3) is 0 Å². The largest absolute Gasteiger partial charge is 0.354 e. The predicted octanol–water partition coefficient (Wildman–Crippen LogP) is 1.67. The Balaban J connectivity index is 1.83. The molecule has 3 nitrogen and oxygen atoms in total. The zero-order valence-electron chi connectivity index (χ0n) is 10.6. The van der Waals surface area contributed by atoms with Crippen molar-refractivity contribution < 1.29 is 9.18 Å².